The monoisotopic (exact) mass is 232 g/mol. The zero-order valence-electron chi connectivity index (χ0n) is 10.2. The number of nitrogen functional groups attached to an aromatic ring is 1. The van der Waals surface area contributed by atoms with Gasteiger partial charge in [0.2, 0.25) is 0 Å². The summed E-state index contributed by atoms with van der Waals surface area (Å²) < 4.78 is 5.10. The first-order chi connectivity index (χ1) is 8.08. The molecule has 5 nitrogen and oxygen atoms in total. The Labute approximate surface area is 100 Å². The highest BCUT2D eigenvalue weighted by Crippen LogP contribution is 2.16. The number of rotatable bonds is 3. The average molecular weight is 232 g/mol. The Morgan fingerprint density at radius 1 is 1.24 bits per heavy atom. The molecule has 0 aliphatic carbocycles. The van der Waals surface area contributed by atoms with Gasteiger partial charge in [0.15, 0.2) is 0 Å². The van der Waals surface area contributed by atoms with Crippen molar-refractivity contribution in [1.82, 2.24) is 10.1 Å². The molecule has 0 radical (unpaired) electrons. The molecule has 0 aromatic carbocycles. The predicted molar refractivity (Wildman–Crippen MR) is 66.7 cm³/mol. The summed E-state index contributed by atoms with van der Waals surface area (Å²) in [5, 5.41) is 7.13. The Hall–Kier alpha value is -2.04. The van der Waals surface area contributed by atoms with Gasteiger partial charge in [-0.05, 0) is 32.9 Å². The number of nitrogens with one attached hydrogen (secondary N) is 1. The number of hydrogen-bond donors (Lipinski definition) is 2. The van der Waals surface area contributed by atoms with Gasteiger partial charge in [-0.2, -0.15) is 0 Å². The molecule has 90 valence electrons. The number of hydrogen-bond acceptors (Lipinski definition) is 5. The van der Waals surface area contributed by atoms with Crippen molar-refractivity contribution >= 4 is 11.5 Å². The summed E-state index contributed by atoms with van der Waals surface area (Å²) in [6.45, 7) is 6.36. The average Bonchev–Trinajstić information content (AvgIpc) is 2.61. The highest BCUT2D eigenvalue weighted by atomic mass is 16.5. The number of pyridine rings is 1. The molecule has 0 fully saturated rings. The van der Waals surface area contributed by atoms with E-state index in [4.69, 9.17) is 10.3 Å². The summed E-state index contributed by atoms with van der Waals surface area (Å²) in [5.41, 5.74) is 9.22. The van der Waals surface area contributed by atoms with E-state index in [0.29, 0.717) is 12.2 Å². The first-order valence-corrected chi connectivity index (χ1v) is 5.46. The van der Waals surface area contributed by atoms with Crippen molar-refractivity contribution in [2.75, 3.05) is 11.1 Å². The Balaban J connectivity index is 2.10. The van der Waals surface area contributed by atoms with E-state index >= 15 is 0 Å². The minimum absolute atomic E-state index is 0.650. The molecule has 2 aromatic heterocycles. The number of aryl methyl sites for hydroxylation is 3. The number of nitrogens with zero attached hydrogens (tertiary/aromatic N) is 2. The van der Waals surface area contributed by atoms with Crippen molar-refractivity contribution in [3.05, 3.63) is 34.8 Å². The lowest BCUT2D eigenvalue weighted by atomic mass is 10.2. The van der Waals surface area contributed by atoms with Crippen molar-refractivity contribution in [3.8, 4) is 0 Å². The van der Waals surface area contributed by atoms with E-state index in [1.54, 1.807) is 0 Å². The largest absolute Gasteiger partial charge is 0.397 e. The maximum atomic E-state index is 5.71. The fourth-order valence-electron chi connectivity index (χ4n) is 1.60. The molecule has 0 spiro atoms. The second-order valence-corrected chi connectivity index (χ2v) is 4.03. The van der Waals surface area contributed by atoms with Gasteiger partial charge < -0.3 is 15.6 Å². The zero-order valence-corrected chi connectivity index (χ0v) is 10.2. The second-order valence-electron chi connectivity index (χ2n) is 4.03. The highest BCUT2D eigenvalue weighted by molar-refractivity contribution is 5.49. The van der Waals surface area contributed by atoms with Crippen LogP contribution in [-0.4, -0.2) is 10.1 Å². The van der Waals surface area contributed by atoms with E-state index < -0.39 is 0 Å². The highest BCUT2D eigenvalue weighted by Gasteiger charge is 2.08. The third-order valence-electron chi connectivity index (χ3n) is 2.75. The third kappa shape index (κ3) is 2.38. The topological polar surface area (TPSA) is 77.0 Å². The molecule has 17 heavy (non-hydrogen) atoms. The summed E-state index contributed by atoms with van der Waals surface area (Å²) >= 11 is 0. The van der Waals surface area contributed by atoms with Crippen LogP contribution in [0.4, 0.5) is 11.5 Å². The van der Waals surface area contributed by atoms with Gasteiger partial charge in [-0.15, -0.1) is 0 Å². The van der Waals surface area contributed by atoms with Crippen LogP contribution in [0.1, 0.15) is 22.7 Å². The summed E-state index contributed by atoms with van der Waals surface area (Å²) in [5.74, 6) is 1.64. The molecular formula is C12H16N4O. The Morgan fingerprint density at radius 3 is 2.59 bits per heavy atom. The lowest BCUT2D eigenvalue weighted by Crippen LogP contribution is -2.04. The summed E-state index contributed by atoms with van der Waals surface area (Å²) in [7, 11) is 0. The Bertz CT molecular complexity index is 514. The first kappa shape index (κ1) is 11.4. The molecule has 0 saturated carbocycles. The SMILES string of the molecule is Cc1nc(NCc2c(C)noc2C)ccc1N. The zero-order chi connectivity index (χ0) is 12.4. The Kier molecular flexibility index (Phi) is 2.99. The lowest BCUT2D eigenvalue weighted by Gasteiger charge is -2.07. The molecule has 0 amide bonds. The van der Waals surface area contributed by atoms with E-state index in [0.717, 1.165) is 28.5 Å². The van der Waals surface area contributed by atoms with E-state index in [-0.39, 0.29) is 0 Å². The van der Waals surface area contributed by atoms with Crippen LogP contribution in [0.15, 0.2) is 16.7 Å². The molecule has 0 saturated heterocycles. The van der Waals surface area contributed by atoms with Gasteiger partial charge in [0.1, 0.15) is 11.6 Å². The van der Waals surface area contributed by atoms with Crippen molar-refractivity contribution < 1.29 is 4.52 Å². The van der Waals surface area contributed by atoms with Crippen LogP contribution in [-0.2, 0) is 6.54 Å². The van der Waals surface area contributed by atoms with Gasteiger partial charge in [-0.1, -0.05) is 5.16 Å². The minimum atomic E-state index is 0.650. The molecule has 2 rings (SSSR count). The van der Waals surface area contributed by atoms with Crippen molar-refractivity contribution in [3.63, 3.8) is 0 Å². The van der Waals surface area contributed by atoms with Crippen molar-refractivity contribution in [2.24, 2.45) is 0 Å². The van der Waals surface area contributed by atoms with Gasteiger partial charge in [-0.25, -0.2) is 4.98 Å². The Morgan fingerprint density at radius 2 is 2.00 bits per heavy atom. The number of nitrogens with two attached hydrogens (primary N) is 1. The number of aromatic nitrogens is 2. The van der Waals surface area contributed by atoms with Crippen LogP contribution in [0.2, 0.25) is 0 Å². The summed E-state index contributed by atoms with van der Waals surface area (Å²) in [6.07, 6.45) is 0. The molecular weight excluding hydrogens is 216 g/mol. The van der Waals surface area contributed by atoms with Crippen LogP contribution in [0.25, 0.3) is 0 Å². The van der Waals surface area contributed by atoms with Gasteiger partial charge in [0, 0.05) is 12.1 Å². The van der Waals surface area contributed by atoms with Gasteiger partial charge >= 0.3 is 0 Å². The second kappa shape index (κ2) is 4.45. The standard InChI is InChI=1S/C12H16N4O/c1-7-10(9(3)17-16-7)6-14-12-5-4-11(13)8(2)15-12/h4-5H,6,13H2,1-3H3,(H,14,15). The van der Waals surface area contributed by atoms with E-state index in [9.17, 15) is 0 Å². The number of anilines is 2. The quantitative estimate of drug-likeness (QED) is 0.848. The maximum absolute atomic E-state index is 5.71. The van der Waals surface area contributed by atoms with E-state index in [1.807, 2.05) is 32.9 Å². The molecule has 0 atom stereocenters. The molecule has 3 N–H and O–H groups in total. The van der Waals surface area contributed by atoms with Crippen LogP contribution in [0.3, 0.4) is 0 Å². The van der Waals surface area contributed by atoms with E-state index in [1.165, 1.54) is 0 Å². The lowest BCUT2D eigenvalue weighted by molar-refractivity contribution is 0.392. The first-order valence-electron chi connectivity index (χ1n) is 5.46. The smallest absolute Gasteiger partial charge is 0.138 e. The van der Waals surface area contributed by atoms with Crippen molar-refractivity contribution in [1.29, 1.82) is 0 Å². The van der Waals surface area contributed by atoms with Crippen LogP contribution in [0.5, 0.6) is 0 Å². The third-order valence-corrected chi connectivity index (χ3v) is 2.75. The van der Waals surface area contributed by atoms with Crippen LogP contribution < -0.4 is 11.1 Å². The molecule has 5 heteroatoms. The van der Waals surface area contributed by atoms with Crippen LogP contribution in [0, 0.1) is 20.8 Å². The van der Waals surface area contributed by atoms with E-state index in [2.05, 4.69) is 15.5 Å². The molecule has 2 heterocycles. The molecule has 0 aliphatic heterocycles. The molecule has 0 unspecified atom stereocenters. The van der Waals surface area contributed by atoms with Crippen molar-refractivity contribution in [2.45, 2.75) is 27.3 Å². The predicted octanol–water partition coefficient (Wildman–Crippen LogP) is 2.19. The maximum Gasteiger partial charge on any atom is 0.138 e. The van der Waals surface area contributed by atoms with Gasteiger partial charge in [0.05, 0.1) is 17.1 Å². The normalized spacial score (nSPS) is 10.5. The summed E-state index contributed by atoms with van der Waals surface area (Å²) in [4.78, 5) is 4.34. The van der Waals surface area contributed by atoms with Crippen LogP contribution >= 0.6 is 0 Å². The fourth-order valence-corrected chi connectivity index (χ4v) is 1.60. The summed E-state index contributed by atoms with van der Waals surface area (Å²) in [6, 6.07) is 3.71. The molecule has 2 aromatic rings. The van der Waals surface area contributed by atoms with Gasteiger partial charge in [-0.3, -0.25) is 0 Å². The fraction of sp³-hybridized carbons (Fsp3) is 0.333. The van der Waals surface area contributed by atoms with Gasteiger partial charge in [0.25, 0.3) is 0 Å². The molecule has 0 bridgehead atoms. The minimum Gasteiger partial charge on any atom is -0.397 e. The molecule has 0 aliphatic rings.